The highest BCUT2D eigenvalue weighted by molar-refractivity contribution is 7.92. The van der Waals surface area contributed by atoms with Crippen LogP contribution in [0.25, 0.3) is 10.9 Å². The maximum Gasteiger partial charge on any atom is 0.329 e. The average Bonchev–Trinajstić information content (AvgIpc) is 2.79. The van der Waals surface area contributed by atoms with Crippen LogP contribution in [-0.2, 0) is 21.4 Å². The molecule has 3 aromatic carbocycles. The number of carbonyl (C=O) groups is 1. The number of rotatable bonds is 6. The van der Waals surface area contributed by atoms with Crippen LogP contribution in [0.15, 0.2) is 81.2 Å². The van der Waals surface area contributed by atoms with Crippen molar-refractivity contribution in [2.45, 2.75) is 25.3 Å². The normalized spacial score (nSPS) is 11.4. The van der Waals surface area contributed by atoms with Gasteiger partial charge in [-0.25, -0.2) is 13.2 Å². The number of carbonyl (C=O) groups excluding carboxylic acids is 1. The summed E-state index contributed by atoms with van der Waals surface area (Å²) in [6.45, 7) is 3.14. The Hall–Kier alpha value is -4.18. The van der Waals surface area contributed by atoms with E-state index < -0.39 is 33.7 Å². The first kappa shape index (κ1) is 23.0. The van der Waals surface area contributed by atoms with E-state index in [0.29, 0.717) is 22.3 Å². The van der Waals surface area contributed by atoms with E-state index in [4.69, 9.17) is 0 Å². The van der Waals surface area contributed by atoms with Gasteiger partial charge in [0.2, 0.25) is 5.91 Å². The monoisotopic (exact) mass is 478 g/mol. The van der Waals surface area contributed by atoms with E-state index in [1.165, 1.54) is 24.3 Å². The van der Waals surface area contributed by atoms with Crippen molar-refractivity contribution >= 4 is 38.2 Å². The summed E-state index contributed by atoms with van der Waals surface area (Å²) < 4.78 is 29.0. The number of benzene rings is 3. The molecule has 4 aromatic rings. The molecule has 0 saturated carbocycles. The topological polar surface area (TPSA) is 130 Å². The number of anilines is 2. The molecule has 1 aromatic heterocycles. The summed E-state index contributed by atoms with van der Waals surface area (Å²) >= 11 is 0. The number of aromatic nitrogens is 2. The highest BCUT2D eigenvalue weighted by Crippen LogP contribution is 2.24. The van der Waals surface area contributed by atoms with Gasteiger partial charge < -0.3 is 10.3 Å². The van der Waals surface area contributed by atoms with Crippen LogP contribution in [0.3, 0.4) is 0 Å². The van der Waals surface area contributed by atoms with Crippen molar-refractivity contribution in [2.75, 3.05) is 10.0 Å². The van der Waals surface area contributed by atoms with Crippen molar-refractivity contribution in [3.8, 4) is 0 Å². The maximum atomic E-state index is 12.8. The van der Waals surface area contributed by atoms with Gasteiger partial charge in [0.15, 0.2) is 0 Å². The van der Waals surface area contributed by atoms with Crippen LogP contribution in [0.5, 0.6) is 0 Å². The number of fused-ring (bicyclic) bond motifs is 1. The number of aryl methyl sites for hydroxylation is 2. The van der Waals surface area contributed by atoms with Gasteiger partial charge in [-0.05, 0) is 61.4 Å². The first-order valence-corrected chi connectivity index (χ1v) is 11.8. The number of sulfonamides is 1. The lowest BCUT2D eigenvalue weighted by Crippen LogP contribution is -2.38. The van der Waals surface area contributed by atoms with Gasteiger partial charge in [-0.2, -0.15) is 0 Å². The Labute approximate surface area is 195 Å². The standard InChI is InChI=1S/C24H22N4O5S/c1-15-6-5-7-16(2)22(15)27-34(32,33)18-12-10-17(11-13-18)25-21(29)14-28-23(30)19-8-3-4-9-20(19)26-24(28)31/h3-13,27H,14H2,1-2H3,(H,25,29)(H,26,31). The number of para-hydroxylation sites is 2. The zero-order valence-corrected chi connectivity index (χ0v) is 19.3. The molecule has 34 heavy (non-hydrogen) atoms. The van der Waals surface area contributed by atoms with Gasteiger partial charge in [0, 0.05) is 5.69 Å². The summed E-state index contributed by atoms with van der Waals surface area (Å²) in [5, 5.41) is 2.87. The predicted molar refractivity (Wildman–Crippen MR) is 131 cm³/mol. The first-order valence-electron chi connectivity index (χ1n) is 10.4. The van der Waals surface area contributed by atoms with Crippen LogP contribution in [0, 0.1) is 13.8 Å². The first-order chi connectivity index (χ1) is 16.2. The van der Waals surface area contributed by atoms with E-state index in [1.54, 1.807) is 24.3 Å². The molecule has 0 spiro atoms. The van der Waals surface area contributed by atoms with Crippen molar-refractivity contribution in [3.63, 3.8) is 0 Å². The Bertz CT molecular complexity index is 1600. The molecule has 0 saturated heterocycles. The quantitative estimate of drug-likeness (QED) is 0.392. The highest BCUT2D eigenvalue weighted by Gasteiger charge is 2.17. The lowest BCUT2D eigenvalue weighted by atomic mass is 10.1. The van der Waals surface area contributed by atoms with Crippen molar-refractivity contribution in [1.82, 2.24) is 9.55 Å². The second-order valence-corrected chi connectivity index (χ2v) is 9.49. The fraction of sp³-hybridized carbons (Fsp3) is 0.125. The van der Waals surface area contributed by atoms with Crippen LogP contribution in [0.1, 0.15) is 11.1 Å². The van der Waals surface area contributed by atoms with Gasteiger partial charge in [0.1, 0.15) is 6.54 Å². The number of amides is 1. The Morgan fingerprint density at radius 2 is 1.56 bits per heavy atom. The molecule has 9 nitrogen and oxygen atoms in total. The summed E-state index contributed by atoms with van der Waals surface area (Å²) in [4.78, 5) is 39.9. The third-order valence-electron chi connectivity index (χ3n) is 5.36. The lowest BCUT2D eigenvalue weighted by molar-refractivity contribution is -0.116. The van der Waals surface area contributed by atoms with Crippen LogP contribution in [-0.4, -0.2) is 23.9 Å². The molecule has 0 radical (unpaired) electrons. The molecule has 174 valence electrons. The molecule has 1 amide bonds. The van der Waals surface area contributed by atoms with Crippen LogP contribution < -0.4 is 21.3 Å². The van der Waals surface area contributed by atoms with Gasteiger partial charge in [-0.1, -0.05) is 30.3 Å². The Morgan fingerprint density at radius 3 is 2.24 bits per heavy atom. The molecule has 0 atom stereocenters. The molecular weight excluding hydrogens is 456 g/mol. The Balaban J connectivity index is 1.50. The van der Waals surface area contributed by atoms with Crippen LogP contribution in [0.4, 0.5) is 11.4 Å². The molecule has 3 N–H and O–H groups in total. The van der Waals surface area contributed by atoms with Crippen molar-refractivity contribution < 1.29 is 13.2 Å². The molecule has 0 unspecified atom stereocenters. The molecule has 0 bridgehead atoms. The average molecular weight is 479 g/mol. The smallest absolute Gasteiger partial charge is 0.325 e. The molecule has 4 rings (SSSR count). The summed E-state index contributed by atoms with van der Waals surface area (Å²) in [5.41, 5.74) is 1.55. The van der Waals surface area contributed by atoms with Crippen molar-refractivity contribution in [2.24, 2.45) is 0 Å². The number of hydrogen-bond acceptors (Lipinski definition) is 5. The van der Waals surface area contributed by atoms with E-state index in [0.717, 1.165) is 15.7 Å². The molecular formula is C24H22N4O5S. The minimum Gasteiger partial charge on any atom is -0.325 e. The van der Waals surface area contributed by atoms with Crippen LogP contribution in [0.2, 0.25) is 0 Å². The third kappa shape index (κ3) is 4.62. The molecule has 0 aliphatic carbocycles. The number of H-pyrrole nitrogens is 1. The summed E-state index contributed by atoms with van der Waals surface area (Å²) in [7, 11) is -3.84. The van der Waals surface area contributed by atoms with Crippen molar-refractivity contribution in [1.29, 1.82) is 0 Å². The molecule has 10 heteroatoms. The van der Waals surface area contributed by atoms with E-state index in [-0.39, 0.29) is 4.90 Å². The largest absolute Gasteiger partial charge is 0.329 e. The minimum absolute atomic E-state index is 0.0235. The second-order valence-electron chi connectivity index (χ2n) is 7.81. The molecule has 1 heterocycles. The summed E-state index contributed by atoms with van der Waals surface area (Å²) in [6.07, 6.45) is 0. The Kier molecular flexibility index (Phi) is 6.08. The zero-order chi connectivity index (χ0) is 24.5. The third-order valence-corrected chi connectivity index (χ3v) is 6.72. The molecule has 0 fully saturated rings. The van der Waals surface area contributed by atoms with Gasteiger partial charge in [0.05, 0.1) is 21.5 Å². The van der Waals surface area contributed by atoms with Gasteiger partial charge in [-0.15, -0.1) is 0 Å². The number of hydrogen-bond donors (Lipinski definition) is 3. The summed E-state index contributed by atoms with van der Waals surface area (Å²) in [5.74, 6) is -0.604. The number of nitrogens with zero attached hydrogens (tertiary/aromatic N) is 1. The Morgan fingerprint density at radius 1 is 0.912 bits per heavy atom. The number of nitrogens with one attached hydrogen (secondary N) is 3. The molecule has 0 aliphatic rings. The highest BCUT2D eigenvalue weighted by atomic mass is 32.2. The summed E-state index contributed by atoms with van der Waals surface area (Å²) in [6, 6.07) is 17.6. The van der Waals surface area contributed by atoms with E-state index in [2.05, 4.69) is 15.0 Å². The van der Waals surface area contributed by atoms with Gasteiger partial charge >= 0.3 is 5.69 Å². The van der Waals surface area contributed by atoms with E-state index >= 15 is 0 Å². The minimum atomic E-state index is -3.84. The molecule has 0 aliphatic heterocycles. The lowest BCUT2D eigenvalue weighted by Gasteiger charge is -2.13. The van der Waals surface area contributed by atoms with Crippen molar-refractivity contribution in [3.05, 3.63) is 98.7 Å². The van der Waals surface area contributed by atoms with E-state index in [9.17, 15) is 22.8 Å². The zero-order valence-electron chi connectivity index (χ0n) is 18.5. The van der Waals surface area contributed by atoms with Gasteiger partial charge in [0.25, 0.3) is 15.6 Å². The second kappa shape index (κ2) is 8.99. The fourth-order valence-electron chi connectivity index (χ4n) is 3.57. The SMILES string of the molecule is Cc1cccc(C)c1NS(=O)(=O)c1ccc(NC(=O)Cn2c(=O)[nH]c3ccccc3c2=O)cc1. The van der Waals surface area contributed by atoms with Gasteiger partial charge in [-0.3, -0.25) is 18.9 Å². The van der Waals surface area contributed by atoms with Crippen LogP contribution >= 0.6 is 0 Å². The fourth-order valence-corrected chi connectivity index (χ4v) is 4.78. The maximum absolute atomic E-state index is 12.8. The number of aromatic amines is 1. The predicted octanol–water partition coefficient (Wildman–Crippen LogP) is 2.75. The van der Waals surface area contributed by atoms with E-state index in [1.807, 2.05) is 32.0 Å².